The molecule has 1 aromatic heterocycles. The molecule has 3 saturated heterocycles. The van der Waals surface area contributed by atoms with Gasteiger partial charge in [-0.25, -0.2) is 4.98 Å². The van der Waals surface area contributed by atoms with Crippen LogP contribution in [0.25, 0.3) is 0 Å². The summed E-state index contributed by atoms with van der Waals surface area (Å²) in [5.74, 6) is 2.47. The highest BCUT2D eigenvalue weighted by Gasteiger charge is 2.33. The zero-order valence-electron chi connectivity index (χ0n) is 20.9. The maximum atomic E-state index is 12.8. The molecule has 4 heterocycles. The Hall–Kier alpha value is -2.58. The highest BCUT2D eigenvalue weighted by atomic mass is 35.5. The van der Waals surface area contributed by atoms with E-state index in [9.17, 15) is 4.79 Å². The number of ether oxygens (including phenoxy) is 1. The molecule has 0 bridgehead atoms. The number of rotatable bonds is 7. The summed E-state index contributed by atoms with van der Waals surface area (Å²) in [5, 5.41) is 4.24. The number of hydrogen-bond donors (Lipinski definition) is 1. The zero-order valence-corrected chi connectivity index (χ0v) is 21.7. The van der Waals surface area contributed by atoms with Gasteiger partial charge in [-0.2, -0.15) is 4.98 Å². The van der Waals surface area contributed by atoms with Crippen molar-refractivity contribution in [1.82, 2.24) is 19.8 Å². The van der Waals surface area contributed by atoms with Gasteiger partial charge in [0, 0.05) is 62.6 Å². The largest absolute Gasteiger partial charge is 0.484 e. The molecule has 9 heteroatoms. The standard InChI is InChI=1S/C27H37ClN6O2/c28-21-7-9-24(10-8-21)36-20-26(35)34-16-5-6-23(19-34)33-17-12-22(18-33)30-27-29-13-11-25(31-27)32-14-3-1-2-4-15-32/h7-11,13,22-23H,1-6,12,14-20H2,(H,29,30,31). The first kappa shape index (κ1) is 25.1. The van der Waals surface area contributed by atoms with Gasteiger partial charge in [0.2, 0.25) is 5.95 Å². The van der Waals surface area contributed by atoms with Gasteiger partial charge in [-0.05, 0) is 62.4 Å². The highest BCUT2D eigenvalue weighted by Crippen LogP contribution is 2.24. The molecular weight excluding hydrogens is 476 g/mol. The van der Waals surface area contributed by atoms with Crippen molar-refractivity contribution in [2.75, 3.05) is 56.1 Å². The van der Waals surface area contributed by atoms with E-state index < -0.39 is 0 Å². The molecule has 0 saturated carbocycles. The smallest absolute Gasteiger partial charge is 0.260 e. The normalized spacial score (nSPS) is 23.4. The number of amides is 1. The fraction of sp³-hybridized carbons (Fsp3) is 0.593. The molecule has 3 aliphatic heterocycles. The lowest BCUT2D eigenvalue weighted by Gasteiger charge is -2.37. The van der Waals surface area contributed by atoms with Crippen LogP contribution in [0.2, 0.25) is 5.02 Å². The second-order valence-corrected chi connectivity index (χ2v) is 10.6. The Morgan fingerprint density at radius 1 is 0.972 bits per heavy atom. The lowest BCUT2D eigenvalue weighted by molar-refractivity contribution is -0.135. The van der Waals surface area contributed by atoms with Gasteiger partial charge < -0.3 is 19.9 Å². The van der Waals surface area contributed by atoms with Gasteiger partial charge >= 0.3 is 0 Å². The van der Waals surface area contributed by atoms with Crippen molar-refractivity contribution in [1.29, 1.82) is 0 Å². The van der Waals surface area contributed by atoms with Gasteiger partial charge in [0.25, 0.3) is 5.91 Å². The summed E-state index contributed by atoms with van der Waals surface area (Å²) < 4.78 is 5.69. The minimum Gasteiger partial charge on any atom is -0.484 e. The monoisotopic (exact) mass is 512 g/mol. The number of piperidine rings is 1. The van der Waals surface area contributed by atoms with E-state index in [1.807, 2.05) is 17.2 Å². The maximum absolute atomic E-state index is 12.8. The maximum Gasteiger partial charge on any atom is 0.260 e. The summed E-state index contributed by atoms with van der Waals surface area (Å²) in [5.41, 5.74) is 0. The van der Waals surface area contributed by atoms with Crippen LogP contribution in [0.15, 0.2) is 36.5 Å². The quantitative estimate of drug-likeness (QED) is 0.599. The predicted molar refractivity (Wildman–Crippen MR) is 143 cm³/mol. The van der Waals surface area contributed by atoms with Crippen LogP contribution < -0.4 is 15.0 Å². The van der Waals surface area contributed by atoms with Crippen molar-refractivity contribution in [2.45, 2.75) is 57.0 Å². The number of carbonyl (C=O) groups excluding carboxylic acids is 1. The van der Waals surface area contributed by atoms with Crippen molar-refractivity contribution >= 4 is 29.3 Å². The molecule has 1 amide bonds. The number of nitrogens with zero attached hydrogens (tertiary/aromatic N) is 5. The summed E-state index contributed by atoms with van der Waals surface area (Å²) in [6.07, 6.45) is 10.2. The molecule has 1 N–H and O–H groups in total. The molecule has 2 unspecified atom stereocenters. The third kappa shape index (κ3) is 6.59. The SMILES string of the molecule is O=C(COc1ccc(Cl)cc1)N1CCCC(N2CCC(Nc3nccc(N4CCCCCC4)n3)C2)C1. The average molecular weight is 513 g/mol. The minimum atomic E-state index is 0.0437. The predicted octanol–water partition coefficient (Wildman–Crippen LogP) is 4.07. The molecule has 2 aromatic rings. The highest BCUT2D eigenvalue weighted by molar-refractivity contribution is 6.30. The molecule has 194 valence electrons. The van der Waals surface area contributed by atoms with Crippen molar-refractivity contribution in [3.05, 3.63) is 41.6 Å². The number of halogens is 1. The number of aromatic nitrogens is 2. The van der Waals surface area contributed by atoms with Gasteiger partial charge in [0.1, 0.15) is 11.6 Å². The van der Waals surface area contributed by atoms with E-state index >= 15 is 0 Å². The van der Waals surface area contributed by atoms with E-state index in [2.05, 4.69) is 20.1 Å². The van der Waals surface area contributed by atoms with Crippen LogP contribution in [0, 0.1) is 0 Å². The van der Waals surface area contributed by atoms with Crippen LogP contribution >= 0.6 is 11.6 Å². The lowest BCUT2D eigenvalue weighted by Crippen LogP contribution is -2.50. The molecule has 2 atom stereocenters. The second kappa shape index (κ2) is 12.1. The van der Waals surface area contributed by atoms with Gasteiger partial charge in [-0.3, -0.25) is 9.69 Å². The molecule has 3 fully saturated rings. The number of likely N-dealkylation sites (tertiary alicyclic amines) is 2. The molecule has 0 spiro atoms. The number of nitrogens with one attached hydrogen (secondary N) is 1. The fourth-order valence-electron chi connectivity index (χ4n) is 5.56. The van der Waals surface area contributed by atoms with E-state index in [-0.39, 0.29) is 12.5 Å². The molecule has 0 radical (unpaired) electrons. The van der Waals surface area contributed by atoms with Gasteiger partial charge in [0.05, 0.1) is 0 Å². The van der Waals surface area contributed by atoms with E-state index in [4.69, 9.17) is 21.3 Å². The number of anilines is 2. The number of hydrogen-bond acceptors (Lipinski definition) is 7. The van der Waals surface area contributed by atoms with Crippen molar-refractivity contribution in [3.8, 4) is 5.75 Å². The van der Waals surface area contributed by atoms with Crippen molar-refractivity contribution in [2.24, 2.45) is 0 Å². The molecule has 5 rings (SSSR count). The Kier molecular flexibility index (Phi) is 8.43. The minimum absolute atomic E-state index is 0.0437. The van der Waals surface area contributed by atoms with E-state index in [0.29, 0.717) is 22.9 Å². The van der Waals surface area contributed by atoms with Gasteiger partial charge in [0.15, 0.2) is 6.61 Å². The molecule has 1 aromatic carbocycles. The van der Waals surface area contributed by atoms with Crippen LogP contribution in [0.3, 0.4) is 0 Å². The van der Waals surface area contributed by atoms with Gasteiger partial charge in [-0.1, -0.05) is 24.4 Å². The first-order valence-corrected chi connectivity index (χ1v) is 13.8. The Balaban J connectivity index is 1.10. The van der Waals surface area contributed by atoms with Crippen LogP contribution in [0.4, 0.5) is 11.8 Å². The van der Waals surface area contributed by atoms with E-state index in [1.165, 1.54) is 25.7 Å². The summed E-state index contributed by atoms with van der Waals surface area (Å²) in [7, 11) is 0. The summed E-state index contributed by atoms with van der Waals surface area (Å²) in [6.45, 7) is 5.75. The Morgan fingerprint density at radius 3 is 2.58 bits per heavy atom. The fourth-order valence-corrected chi connectivity index (χ4v) is 5.69. The number of carbonyl (C=O) groups is 1. The second-order valence-electron chi connectivity index (χ2n) is 10.1. The lowest BCUT2D eigenvalue weighted by atomic mass is 10.0. The van der Waals surface area contributed by atoms with E-state index in [1.54, 1.807) is 24.3 Å². The van der Waals surface area contributed by atoms with Crippen molar-refractivity contribution < 1.29 is 9.53 Å². The molecule has 0 aliphatic carbocycles. The van der Waals surface area contributed by atoms with E-state index in [0.717, 1.165) is 70.3 Å². The third-order valence-corrected chi connectivity index (χ3v) is 7.82. The molecule has 3 aliphatic rings. The summed E-state index contributed by atoms with van der Waals surface area (Å²) in [6, 6.07) is 9.86. The topological polar surface area (TPSA) is 73.8 Å². The summed E-state index contributed by atoms with van der Waals surface area (Å²) >= 11 is 5.93. The first-order valence-electron chi connectivity index (χ1n) is 13.4. The number of benzene rings is 1. The molecule has 8 nitrogen and oxygen atoms in total. The Labute approximate surface area is 219 Å². The van der Waals surface area contributed by atoms with Crippen LogP contribution in [0.1, 0.15) is 44.9 Å². The van der Waals surface area contributed by atoms with Gasteiger partial charge in [-0.15, -0.1) is 0 Å². The van der Waals surface area contributed by atoms with Crippen LogP contribution in [0.5, 0.6) is 5.75 Å². The Morgan fingerprint density at radius 2 is 1.78 bits per heavy atom. The van der Waals surface area contributed by atoms with Crippen LogP contribution in [-0.4, -0.2) is 83.6 Å². The Bertz CT molecular complexity index is 998. The third-order valence-electron chi connectivity index (χ3n) is 7.57. The molecule has 36 heavy (non-hydrogen) atoms. The molecular formula is C27H37ClN6O2. The van der Waals surface area contributed by atoms with Crippen molar-refractivity contribution in [3.63, 3.8) is 0 Å². The summed E-state index contributed by atoms with van der Waals surface area (Å²) in [4.78, 5) is 29.0. The van der Waals surface area contributed by atoms with Crippen LogP contribution in [-0.2, 0) is 4.79 Å². The first-order chi connectivity index (χ1) is 17.6. The average Bonchev–Trinajstić information content (AvgIpc) is 3.20. The zero-order chi connectivity index (χ0) is 24.7.